The Morgan fingerprint density at radius 2 is 0.217 bits per heavy atom. The minimum absolute atomic E-state index is 0. The summed E-state index contributed by atoms with van der Waals surface area (Å²) in [7, 11) is 0. The van der Waals surface area contributed by atoms with E-state index in [2.05, 4.69) is 128 Å². The van der Waals surface area contributed by atoms with Crippen LogP contribution in [-0.4, -0.2) is 207 Å². The van der Waals surface area contributed by atoms with E-state index in [4.69, 9.17) is 0 Å². The van der Waals surface area contributed by atoms with Gasteiger partial charge in [-0.2, -0.15) is 0 Å². The second-order valence-electron chi connectivity index (χ2n) is 10.5. The van der Waals surface area contributed by atoms with Crippen LogP contribution in [0.5, 0.6) is 0 Å². The van der Waals surface area contributed by atoms with E-state index in [1.165, 1.54) is 35.7 Å². The van der Waals surface area contributed by atoms with Gasteiger partial charge >= 0.3 is 485 Å². The van der Waals surface area contributed by atoms with Crippen LogP contribution in [0, 0.1) is 0 Å². The zero-order chi connectivity index (χ0) is 40.9. The van der Waals surface area contributed by atoms with Crippen LogP contribution in [-0.2, 0) is 0 Å². The average molecular weight is 1960 g/mol. The third-order valence-corrected chi connectivity index (χ3v) is 10.5. The van der Waals surface area contributed by atoms with Crippen molar-refractivity contribution in [3.05, 3.63) is 243 Å². The van der Waals surface area contributed by atoms with Gasteiger partial charge in [-0.25, -0.2) is 0 Å². The Bertz CT molecular complexity index is 1550. The third-order valence-electron chi connectivity index (χ3n) is 5.95. The fourth-order valence-electron chi connectivity index (χ4n) is 3.36. The maximum absolute atomic E-state index is 2.90. The Kier molecular flexibility index (Phi) is 55.8. The van der Waals surface area contributed by atoms with E-state index in [1.54, 1.807) is 0 Å². The Morgan fingerprint density at radius 3 is 0.250 bits per heavy atom. The van der Waals surface area contributed by atoms with Crippen LogP contribution in [0.15, 0.2) is 243 Å². The number of hydrogen-bond acceptors (Lipinski definition) is 0. The second-order valence-corrected chi connectivity index (χ2v) is 18.4. The van der Waals surface area contributed by atoms with E-state index >= 15 is 0 Å². The normalized spacial score (nSPS) is 8.00. The van der Waals surface area contributed by atoms with Crippen molar-refractivity contribution in [2.75, 3.05) is 0 Å². The molecule has 0 nitrogen and oxygen atoms in total. The van der Waals surface area contributed by atoms with Gasteiger partial charge in [0.1, 0.15) is 0 Å². The molecule has 6 radical (unpaired) electrons. The first-order valence-corrected chi connectivity index (χ1v) is 23.8. The summed E-state index contributed by atoms with van der Waals surface area (Å²) in [5.41, 5.74) is 0. The Morgan fingerprint density at radius 1 is 0.150 bits per heavy atom. The SMILES string of the molecule is [Bi+3].[Bi+3].[Bi+3].[Br-].[Se-]c1ccccc1.[Se-]c1ccccc1.[Se-]c1ccccc1.[Se-]c1ccccc1.[Se-]c1ccccc1.[Se-]c1ccccc1.[Se-]c1ccccc1.[Se-]c1ccccc1. The van der Waals surface area contributed by atoms with Crippen molar-refractivity contribution >= 4 is 242 Å². The molecule has 0 bridgehead atoms. The summed E-state index contributed by atoms with van der Waals surface area (Å²) in [5, 5.41) is 0. The van der Waals surface area contributed by atoms with Crippen molar-refractivity contribution in [3.8, 4) is 0 Å². The first kappa shape index (κ1) is 67.6. The molecule has 0 spiro atoms. The maximum atomic E-state index is 2.90. The monoisotopic (exact) mass is 1960 g/mol. The zero-order valence-electron chi connectivity index (χ0n) is 32.1. The summed E-state index contributed by atoms with van der Waals surface area (Å²) < 4.78 is 9.57. The van der Waals surface area contributed by atoms with Gasteiger partial charge in [-0.05, 0) is 0 Å². The van der Waals surface area contributed by atoms with Gasteiger partial charge in [-0.15, -0.1) is 0 Å². The van der Waals surface area contributed by atoms with Crippen LogP contribution in [0.4, 0.5) is 0 Å². The van der Waals surface area contributed by atoms with E-state index in [-0.39, 0.29) is 95.6 Å². The van der Waals surface area contributed by atoms with Gasteiger partial charge in [-0.3, -0.25) is 0 Å². The Labute approximate surface area is 494 Å². The van der Waals surface area contributed by atoms with Gasteiger partial charge in [-0.1, -0.05) is 0 Å². The molecule has 0 aliphatic carbocycles. The topological polar surface area (TPSA) is 0 Å². The molecule has 0 unspecified atom stereocenters. The van der Waals surface area contributed by atoms with Gasteiger partial charge in [0.25, 0.3) is 0 Å². The summed E-state index contributed by atoms with van der Waals surface area (Å²) >= 11 is 23.2. The van der Waals surface area contributed by atoms with Gasteiger partial charge in [0.05, 0.1) is 0 Å². The van der Waals surface area contributed by atoms with Crippen molar-refractivity contribution in [2.45, 2.75) is 0 Å². The van der Waals surface area contributed by atoms with E-state index in [0.29, 0.717) is 0 Å². The number of hydrogen-bond donors (Lipinski definition) is 0. The van der Waals surface area contributed by atoms with Gasteiger partial charge in [0, 0.05) is 0 Å². The molecule has 0 atom stereocenters. The molecular weight excluding hydrogens is 1920 g/mol. The Balaban J connectivity index is -0.000000296. The molecule has 0 saturated carbocycles. The summed E-state index contributed by atoms with van der Waals surface area (Å²) in [5.74, 6) is 0. The van der Waals surface area contributed by atoms with Crippen LogP contribution in [0.3, 0.4) is 0 Å². The molecule has 0 aliphatic rings. The first-order chi connectivity index (χ1) is 27.2. The number of benzene rings is 8. The molecule has 0 saturated heterocycles. The van der Waals surface area contributed by atoms with Crippen LogP contribution < -0.4 is 52.7 Å². The molecule has 0 fully saturated rings. The van der Waals surface area contributed by atoms with E-state index in [1.807, 2.05) is 243 Å². The molecule has 302 valence electrons. The fourth-order valence-corrected chi connectivity index (χ4v) is 6.00. The van der Waals surface area contributed by atoms with Gasteiger partial charge in [0.15, 0.2) is 0 Å². The number of rotatable bonds is 0. The molecule has 0 amide bonds. The molecule has 8 rings (SSSR count). The van der Waals surface area contributed by atoms with E-state index < -0.39 is 0 Å². The summed E-state index contributed by atoms with van der Waals surface area (Å²) in [6.07, 6.45) is 0. The molecule has 0 N–H and O–H groups in total. The van der Waals surface area contributed by atoms with Crippen molar-refractivity contribution in [1.82, 2.24) is 0 Å². The quantitative estimate of drug-likeness (QED) is 0.184. The Hall–Kier alpha value is 1.05. The fraction of sp³-hybridized carbons (Fsp3) is 0. The standard InChI is InChI=1S/8C6H6Se.3Bi.BrH/c8*7-6-4-2-1-3-5-6;;;;/h8*1-5,7H;;;;1H/q;;;;;;;;3*+3;/p-9. The van der Waals surface area contributed by atoms with E-state index in [0.717, 1.165) is 0 Å². The predicted molar refractivity (Wildman–Crippen MR) is 272 cm³/mol. The predicted octanol–water partition coefficient (Wildman–Crippen LogP) is -0.295. The van der Waals surface area contributed by atoms with E-state index in [9.17, 15) is 0 Å². The molecule has 12 heteroatoms. The summed E-state index contributed by atoms with van der Waals surface area (Å²) in [6, 6.07) is 80.5. The molecule has 8 aromatic carbocycles. The van der Waals surface area contributed by atoms with Crippen molar-refractivity contribution < 1.29 is 17.0 Å². The zero-order valence-corrected chi connectivity index (χ0v) is 57.8. The van der Waals surface area contributed by atoms with Crippen LogP contribution in [0.1, 0.15) is 0 Å². The molecule has 8 aromatic rings. The van der Waals surface area contributed by atoms with Crippen LogP contribution in [0.2, 0.25) is 0 Å². The van der Waals surface area contributed by atoms with Gasteiger partial charge in [0.2, 0.25) is 0 Å². The number of halogens is 1. The molecule has 0 heterocycles. The van der Waals surface area contributed by atoms with Crippen molar-refractivity contribution in [2.24, 2.45) is 0 Å². The molecule has 60 heavy (non-hydrogen) atoms. The van der Waals surface area contributed by atoms with Crippen LogP contribution in [0.25, 0.3) is 0 Å². The summed E-state index contributed by atoms with van der Waals surface area (Å²) in [6.45, 7) is 0. The molecule has 0 aromatic heterocycles. The van der Waals surface area contributed by atoms with Crippen LogP contribution >= 0.6 is 0 Å². The van der Waals surface area contributed by atoms with Gasteiger partial charge < -0.3 is 17.0 Å². The summed E-state index contributed by atoms with van der Waals surface area (Å²) in [4.78, 5) is 0. The van der Waals surface area contributed by atoms with Crippen molar-refractivity contribution in [3.63, 3.8) is 0 Å². The molecular formula is C48H40Bi3BrSe8. The first-order valence-electron chi connectivity index (χ1n) is 16.9. The third kappa shape index (κ3) is 47.0. The molecule has 0 aliphatic heterocycles. The van der Waals surface area contributed by atoms with Crippen molar-refractivity contribution in [1.29, 1.82) is 0 Å². The average Bonchev–Trinajstić information content (AvgIpc) is 3.22. The minimum atomic E-state index is 0. The second kappa shape index (κ2) is 49.5.